The van der Waals surface area contributed by atoms with Crippen LogP contribution in [0.4, 0.5) is 0 Å². The highest BCUT2D eigenvalue weighted by atomic mass is 14.2. The maximum atomic E-state index is 2.41. The highest BCUT2D eigenvalue weighted by Gasteiger charge is 2.18. The van der Waals surface area contributed by atoms with E-state index in [9.17, 15) is 0 Å². The van der Waals surface area contributed by atoms with Gasteiger partial charge in [0.2, 0.25) is 0 Å². The quantitative estimate of drug-likeness (QED) is 0.140. The van der Waals surface area contributed by atoms with Crippen LogP contribution in [-0.2, 0) is 0 Å². The summed E-state index contributed by atoms with van der Waals surface area (Å²) in [5.74, 6) is 0. The maximum Gasteiger partial charge on any atom is -0.00262 e. The van der Waals surface area contributed by atoms with Crippen molar-refractivity contribution in [2.75, 3.05) is 0 Å². The van der Waals surface area contributed by atoms with Crippen LogP contribution < -0.4 is 0 Å². The van der Waals surface area contributed by atoms with Gasteiger partial charge in [0.1, 0.15) is 0 Å². The van der Waals surface area contributed by atoms with Gasteiger partial charge in [-0.2, -0.15) is 0 Å². The van der Waals surface area contributed by atoms with Crippen LogP contribution in [0.25, 0.3) is 132 Å². The third-order valence-corrected chi connectivity index (χ3v) is 14.0. The summed E-state index contributed by atoms with van der Waals surface area (Å²) < 4.78 is 0. The summed E-state index contributed by atoms with van der Waals surface area (Å²) in [6, 6.07) is 98.6. The lowest BCUT2D eigenvalue weighted by molar-refractivity contribution is 1.56. The molecule has 0 aliphatic heterocycles. The maximum absolute atomic E-state index is 2.41. The largest absolute Gasteiger partial charge is 0.0616 e. The predicted molar refractivity (Wildman–Crippen MR) is 292 cm³/mol. The Morgan fingerprint density at radius 2 is 0.456 bits per heavy atom. The molecule has 0 aromatic heterocycles. The van der Waals surface area contributed by atoms with Crippen molar-refractivity contribution in [2.45, 2.75) is 0 Å². The van der Waals surface area contributed by atoms with E-state index in [1.54, 1.807) is 0 Å². The van der Waals surface area contributed by atoms with Crippen LogP contribution in [-0.4, -0.2) is 0 Å². The topological polar surface area (TPSA) is 0 Å². The van der Waals surface area contributed by atoms with E-state index in [0.29, 0.717) is 0 Å². The molecule has 0 aliphatic carbocycles. The zero-order valence-electron chi connectivity index (χ0n) is 37.4. The smallest absolute Gasteiger partial charge is 0.00262 e. The molecule has 0 N–H and O–H groups in total. The standard InChI is InChI=1S/C68H44/c1-2-19-48-40-55(37-36-45(48)16-1)68-65-32-9-7-30-63(65)67(64-31-8-10-33-66(64)68)54-27-13-24-51(41-54)58-43-56(49-22-11-25-52(38-49)61-34-14-20-46-17-3-5-28-59(46)61)42-57(44-58)50-23-12-26-53(39-50)62-35-15-21-47-18-4-6-29-60(47)62/h1-44H. The zero-order valence-corrected chi connectivity index (χ0v) is 37.4. The second kappa shape index (κ2) is 16.5. The van der Waals surface area contributed by atoms with Gasteiger partial charge in [0, 0.05) is 0 Å². The molecule has 0 saturated carbocycles. The first kappa shape index (κ1) is 39.5. The van der Waals surface area contributed by atoms with Crippen LogP contribution in [0.1, 0.15) is 0 Å². The van der Waals surface area contributed by atoms with Crippen molar-refractivity contribution in [3.05, 3.63) is 267 Å². The molecule has 316 valence electrons. The minimum absolute atomic E-state index is 1.17. The summed E-state index contributed by atoms with van der Waals surface area (Å²) in [5, 5.41) is 12.5. The van der Waals surface area contributed by atoms with Crippen LogP contribution in [0.2, 0.25) is 0 Å². The molecule has 0 saturated heterocycles. The number of benzene rings is 13. The predicted octanol–water partition coefficient (Wildman–Crippen LogP) is 19.1. The first-order valence-corrected chi connectivity index (χ1v) is 23.6. The zero-order chi connectivity index (χ0) is 45.0. The van der Waals surface area contributed by atoms with Crippen LogP contribution in [0.15, 0.2) is 267 Å². The van der Waals surface area contributed by atoms with E-state index < -0.39 is 0 Å². The van der Waals surface area contributed by atoms with Crippen LogP contribution >= 0.6 is 0 Å². The fourth-order valence-electron chi connectivity index (χ4n) is 10.8. The Hall–Kier alpha value is -8.84. The summed E-state index contributed by atoms with van der Waals surface area (Å²) >= 11 is 0. The van der Waals surface area contributed by atoms with E-state index in [2.05, 4.69) is 267 Å². The molecule has 0 unspecified atom stereocenters. The van der Waals surface area contributed by atoms with Gasteiger partial charge in [-0.3, -0.25) is 0 Å². The number of hydrogen-bond donors (Lipinski definition) is 0. The molecule has 0 atom stereocenters. The van der Waals surface area contributed by atoms with Crippen LogP contribution in [0, 0.1) is 0 Å². The van der Waals surface area contributed by atoms with Crippen molar-refractivity contribution in [2.24, 2.45) is 0 Å². The van der Waals surface area contributed by atoms with Gasteiger partial charge in [0.15, 0.2) is 0 Å². The molecule has 0 nitrogen and oxygen atoms in total. The Kier molecular flexibility index (Phi) is 9.62. The fourth-order valence-corrected chi connectivity index (χ4v) is 10.8. The highest BCUT2D eigenvalue weighted by Crippen LogP contribution is 2.45. The Morgan fingerprint density at radius 3 is 0.926 bits per heavy atom. The van der Waals surface area contributed by atoms with E-state index in [1.807, 2.05) is 0 Å². The second-order valence-corrected chi connectivity index (χ2v) is 18.0. The van der Waals surface area contributed by atoms with Crippen molar-refractivity contribution in [1.82, 2.24) is 0 Å². The third kappa shape index (κ3) is 6.94. The van der Waals surface area contributed by atoms with Gasteiger partial charge in [-0.15, -0.1) is 0 Å². The van der Waals surface area contributed by atoms with Gasteiger partial charge in [0.05, 0.1) is 0 Å². The van der Waals surface area contributed by atoms with Gasteiger partial charge in [-0.05, 0) is 174 Å². The first-order chi connectivity index (χ1) is 33.7. The normalized spacial score (nSPS) is 11.5. The molecular weight excluding hydrogens is 817 g/mol. The SMILES string of the molecule is c1cc(-c2cc(-c3cccc(-c4cccc5ccccc45)c3)cc(-c3cccc(-c4c5ccccc5c(-c5ccc6ccccc6c5)c5ccccc45)c3)c2)cc(-c2cccc3ccccc23)c1. The molecule has 0 amide bonds. The summed E-state index contributed by atoms with van der Waals surface area (Å²) in [6.45, 7) is 0. The van der Waals surface area contributed by atoms with Gasteiger partial charge in [0.25, 0.3) is 0 Å². The van der Waals surface area contributed by atoms with Crippen molar-refractivity contribution < 1.29 is 0 Å². The molecule has 0 bridgehead atoms. The summed E-state index contributed by atoms with van der Waals surface area (Å²) in [4.78, 5) is 0. The van der Waals surface area contributed by atoms with Gasteiger partial charge >= 0.3 is 0 Å². The molecule has 68 heavy (non-hydrogen) atoms. The van der Waals surface area contributed by atoms with E-state index in [-0.39, 0.29) is 0 Å². The van der Waals surface area contributed by atoms with Crippen molar-refractivity contribution >= 4 is 53.9 Å². The van der Waals surface area contributed by atoms with Crippen molar-refractivity contribution in [3.8, 4) is 77.9 Å². The van der Waals surface area contributed by atoms with E-state index in [4.69, 9.17) is 0 Å². The monoisotopic (exact) mass is 860 g/mol. The fraction of sp³-hybridized carbons (Fsp3) is 0. The average molecular weight is 861 g/mol. The highest BCUT2D eigenvalue weighted by molar-refractivity contribution is 6.22. The van der Waals surface area contributed by atoms with Crippen LogP contribution in [0.5, 0.6) is 0 Å². The molecule has 0 heteroatoms. The Labute approximate surface area is 396 Å². The van der Waals surface area contributed by atoms with Crippen molar-refractivity contribution in [3.63, 3.8) is 0 Å². The minimum atomic E-state index is 1.17. The lowest BCUT2D eigenvalue weighted by Gasteiger charge is -2.19. The Bertz CT molecular complexity index is 3890. The number of hydrogen-bond acceptors (Lipinski definition) is 0. The van der Waals surface area contributed by atoms with E-state index in [1.165, 1.54) is 132 Å². The Balaban J connectivity index is 0.995. The number of rotatable bonds is 7. The average Bonchev–Trinajstić information content (AvgIpc) is 3.42. The van der Waals surface area contributed by atoms with Gasteiger partial charge in [-0.25, -0.2) is 0 Å². The second-order valence-electron chi connectivity index (χ2n) is 18.0. The summed E-state index contributed by atoms with van der Waals surface area (Å²) in [6.07, 6.45) is 0. The van der Waals surface area contributed by atoms with Crippen molar-refractivity contribution in [1.29, 1.82) is 0 Å². The van der Waals surface area contributed by atoms with E-state index >= 15 is 0 Å². The Morgan fingerprint density at radius 1 is 0.147 bits per heavy atom. The molecule has 0 heterocycles. The molecule has 0 aliphatic rings. The molecule has 0 spiro atoms. The number of fused-ring (bicyclic) bond motifs is 5. The third-order valence-electron chi connectivity index (χ3n) is 14.0. The summed E-state index contributed by atoms with van der Waals surface area (Å²) in [7, 11) is 0. The van der Waals surface area contributed by atoms with Gasteiger partial charge < -0.3 is 0 Å². The van der Waals surface area contributed by atoms with Gasteiger partial charge in [-0.1, -0.05) is 224 Å². The minimum Gasteiger partial charge on any atom is -0.0616 e. The molecule has 13 rings (SSSR count). The lowest BCUT2D eigenvalue weighted by atomic mass is 9.85. The first-order valence-electron chi connectivity index (χ1n) is 23.6. The van der Waals surface area contributed by atoms with Crippen LogP contribution in [0.3, 0.4) is 0 Å². The molecule has 13 aromatic rings. The van der Waals surface area contributed by atoms with E-state index in [0.717, 1.165) is 0 Å². The molecule has 0 radical (unpaired) electrons. The molecular formula is C68H44. The summed E-state index contributed by atoms with van der Waals surface area (Å²) in [5.41, 5.74) is 16.9. The lowest BCUT2D eigenvalue weighted by Crippen LogP contribution is -1.92. The molecule has 0 fully saturated rings. The molecule has 13 aromatic carbocycles.